The van der Waals surface area contributed by atoms with Gasteiger partial charge in [0.2, 0.25) is 0 Å². The molecule has 1 heterocycles. The van der Waals surface area contributed by atoms with E-state index in [2.05, 4.69) is 5.10 Å². The van der Waals surface area contributed by atoms with E-state index in [9.17, 15) is 9.59 Å². The molecule has 132 valence electrons. The molecule has 8 heteroatoms. The number of carbonyl (C=O) groups excluding carboxylic acids is 2. The molecule has 0 saturated heterocycles. The number of benzene rings is 1. The fraction of sp³-hybridized carbons (Fsp3) is 0.235. The number of aromatic nitrogens is 2. The maximum atomic E-state index is 11.7. The fourth-order valence-electron chi connectivity index (χ4n) is 2.07. The van der Waals surface area contributed by atoms with Crippen molar-refractivity contribution in [1.82, 2.24) is 9.78 Å². The van der Waals surface area contributed by atoms with Crippen molar-refractivity contribution >= 4 is 41.2 Å². The van der Waals surface area contributed by atoms with Crippen LogP contribution in [0.2, 0.25) is 10.2 Å². The number of rotatable bonds is 6. The number of esters is 1. The number of amides is 1. The highest BCUT2D eigenvalue weighted by atomic mass is 35.5. The summed E-state index contributed by atoms with van der Waals surface area (Å²) < 4.78 is 6.44. The Hall–Kier alpha value is -2.31. The van der Waals surface area contributed by atoms with E-state index < -0.39 is 18.0 Å². The number of ether oxygens (including phenoxy) is 1. The number of nitrogens with two attached hydrogens (primary N) is 1. The van der Waals surface area contributed by atoms with Gasteiger partial charge in [-0.25, -0.2) is 9.48 Å². The zero-order chi connectivity index (χ0) is 18.6. The van der Waals surface area contributed by atoms with Crippen molar-refractivity contribution in [2.45, 2.75) is 26.5 Å². The number of carbonyl (C=O) groups is 2. The Morgan fingerprint density at radius 1 is 1.36 bits per heavy atom. The second kappa shape index (κ2) is 8.18. The molecule has 0 bridgehead atoms. The molecule has 0 aliphatic rings. The SMILES string of the molecule is Cc1nn(Cc2ccccc2Cl)c(Cl)c1/C=C/C(=O)O[C@H](C)C(N)=O. The number of hydrogen-bond donors (Lipinski definition) is 1. The zero-order valence-electron chi connectivity index (χ0n) is 13.7. The second-order valence-electron chi connectivity index (χ2n) is 5.35. The Bertz CT molecular complexity index is 831. The Morgan fingerprint density at radius 3 is 2.68 bits per heavy atom. The quantitative estimate of drug-likeness (QED) is 0.615. The van der Waals surface area contributed by atoms with Crippen LogP contribution in [-0.4, -0.2) is 27.8 Å². The van der Waals surface area contributed by atoms with Crippen LogP contribution >= 0.6 is 23.2 Å². The molecule has 2 N–H and O–H groups in total. The standard InChI is InChI=1S/C17H17Cl2N3O3/c1-10-13(7-8-15(23)25-11(2)17(20)24)16(19)22(21-10)9-12-5-3-4-6-14(12)18/h3-8,11H,9H2,1-2H3,(H2,20,24)/b8-7+/t11-/m1/s1. The molecule has 1 amide bonds. The number of primary amides is 1. The van der Waals surface area contributed by atoms with Gasteiger partial charge in [0.25, 0.3) is 5.91 Å². The van der Waals surface area contributed by atoms with Gasteiger partial charge in [0.15, 0.2) is 6.10 Å². The van der Waals surface area contributed by atoms with E-state index in [-0.39, 0.29) is 0 Å². The van der Waals surface area contributed by atoms with Crippen molar-refractivity contribution in [3.63, 3.8) is 0 Å². The summed E-state index contributed by atoms with van der Waals surface area (Å²) in [7, 11) is 0. The summed E-state index contributed by atoms with van der Waals surface area (Å²) in [5.74, 6) is -1.41. The predicted octanol–water partition coefficient (Wildman–Crippen LogP) is 2.98. The van der Waals surface area contributed by atoms with Crippen LogP contribution in [0.5, 0.6) is 0 Å². The van der Waals surface area contributed by atoms with Crippen molar-refractivity contribution in [1.29, 1.82) is 0 Å². The minimum Gasteiger partial charge on any atom is -0.449 e. The number of hydrogen-bond acceptors (Lipinski definition) is 4. The van der Waals surface area contributed by atoms with Gasteiger partial charge in [-0.1, -0.05) is 41.4 Å². The maximum Gasteiger partial charge on any atom is 0.331 e. The van der Waals surface area contributed by atoms with E-state index in [1.54, 1.807) is 17.7 Å². The van der Waals surface area contributed by atoms with Crippen LogP contribution in [0.15, 0.2) is 30.3 Å². The van der Waals surface area contributed by atoms with Crippen LogP contribution in [0, 0.1) is 6.92 Å². The second-order valence-corrected chi connectivity index (χ2v) is 6.12. The lowest BCUT2D eigenvalue weighted by molar-refractivity contribution is -0.148. The monoisotopic (exact) mass is 381 g/mol. The highest BCUT2D eigenvalue weighted by Crippen LogP contribution is 2.24. The van der Waals surface area contributed by atoms with Crippen molar-refractivity contribution in [2.24, 2.45) is 5.73 Å². The van der Waals surface area contributed by atoms with Crippen LogP contribution < -0.4 is 5.73 Å². The first-order valence-corrected chi connectivity index (χ1v) is 8.19. The average Bonchev–Trinajstić information content (AvgIpc) is 2.81. The fourth-order valence-corrected chi connectivity index (χ4v) is 2.57. The van der Waals surface area contributed by atoms with Gasteiger partial charge in [-0.3, -0.25) is 4.79 Å². The first kappa shape index (κ1) is 19.0. The Balaban J connectivity index is 2.16. The average molecular weight is 382 g/mol. The lowest BCUT2D eigenvalue weighted by atomic mass is 10.2. The molecule has 6 nitrogen and oxygen atoms in total. The lowest BCUT2D eigenvalue weighted by Crippen LogP contribution is -2.29. The molecule has 0 aliphatic carbocycles. The molecule has 2 rings (SSSR count). The molecule has 0 aliphatic heterocycles. The molecule has 2 aromatic rings. The minimum atomic E-state index is -1.00. The van der Waals surface area contributed by atoms with Gasteiger partial charge in [-0.05, 0) is 31.6 Å². The van der Waals surface area contributed by atoms with Crippen LogP contribution in [0.25, 0.3) is 6.08 Å². The van der Waals surface area contributed by atoms with E-state index in [0.717, 1.165) is 5.56 Å². The van der Waals surface area contributed by atoms with Gasteiger partial charge in [-0.2, -0.15) is 5.10 Å². The molecule has 25 heavy (non-hydrogen) atoms. The van der Waals surface area contributed by atoms with Crippen molar-refractivity contribution < 1.29 is 14.3 Å². The third kappa shape index (κ3) is 4.84. The summed E-state index contributed by atoms with van der Waals surface area (Å²) in [4.78, 5) is 22.6. The van der Waals surface area contributed by atoms with E-state index in [4.69, 9.17) is 33.7 Å². The lowest BCUT2D eigenvalue weighted by Gasteiger charge is -2.06. The largest absolute Gasteiger partial charge is 0.449 e. The van der Waals surface area contributed by atoms with Crippen LogP contribution in [0.3, 0.4) is 0 Å². The first-order chi connectivity index (χ1) is 11.8. The van der Waals surface area contributed by atoms with Gasteiger partial charge in [0.1, 0.15) is 5.15 Å². The van der Waals surface area contributed by atoms with E-state index in [0.29, 0.717) is 28.0 Å². The van der Waals surface area contributed by atoms with Crippen molar-refractivity contribution in [3.8, 4) is 0 Å². The molecule has 0 spiro atoms. The highest BCUT2D eigenvalue weighted by molar-refractivity contribution is 6.32. The van der Waals surface area contributed by atoms with Crippen molar-refractivity contribution in [2.75, 3.05) is 0 Å². The molecule has 1 aromatic heterocycles. The predicted molar refractivity (Wildman–Crippen MR) is 96.3 cm³/mol. The third-order valence-corrected chi connectivity index (χ3v) is 4.23. The molecular formula is C17H17Cl2N3O3. The van der Waals surface area contributed by atoms with E-state index >= 15 is 0 Å². The summed E-state index contributed by atoms with van der Waals surface area (Å²) in [5.41, 5.74) is 7.14. The maximum absolute atomic E-state index is 11.7. The Kier molecular flexibility index (Phi) is 6.22. The Labute approximate surface area is 155 Å². The molecular weight excluding hydrogens is 365 g/mol. The molecule has 0 saturated carbocycles. The molecule has 1 aromatic carbocycles. The summed E-state index contributed by atoms with van der Waals surface area (Å²) >= 11 is 12.5. The zero-order valence-corrected chi connectivity index (χ0v) is 15.2. The topological polar surface area (TPSA) is 87.2 Å². The summed E-state index contributed by atoms with van der Waals surface area (Å²) in [6, 6.07) is 7.39. The van der Waals surface area contributed by atoms with Gasteiger partial charge in [0, 0.05) is 16.7 Å². The highest BCUT2D eigenvalue weighted by Gasteiger charge is 2.15. The summed E-state index contributed by atoms with van der Waals surface area (Å²) in [6.07, 6.45) is 1.66. The van der Waals surface area contributed by atoms with Crippen LogP contribution in [0.4, 0.5) is 0 Å². The smallest absolute Gasteiger partial charge is 0.331 e. The summed E-state index contributed by atoms with van der Waals surface area (Å²) in [5, 5.41) is 5.35. The number of halogens is 2. The van der Waals surface area contributed by atoms with E-state index in [1.165, 1.54) is 19.1 Å². The normalized spacial score (nSPS) is 12.3. The summed E-state index contributed by atoms with van der Waals surface area (Å²) in [6.45, 7) is 3.57. The molecule has 1 atom stereocenters. The first-order valence-electron chi connectivity index (χ1n) is 7.44. The van der Waals surface area contributed by atoms with Crippen molar-refractivity contribution in [3.05, 3.63) is 57.3 Å². The Morgan fingerprint density at radius 2 is 2.04 bits per heavy atom. The number of aryl methyl sites for hydroxylation is 1. The van der Waals surface area contributed by atoms with E-state index in [1.807, 2.05) is 18.2 Å². The molecule has 0 fully saturated rings. The van der Waals surface area contributed by atoms with Gasteiger partial charge in [0.05, 0.1) is 12.2 Å². The minimum absolute atomic E-state index is 0.365. The van der Waals surface area contributed by atoms with Crippen LogP contribution in [-0.2, 0) is 20.9 Å². The molecule has 0 unspecified atom stereocenters. The van der Waals surface area contributed by atoms with Crippen LogP contribution in [0.1, 0.15) is 23.7 Å². The van der Waals surface area contributed by atoms with Gasteiger partial charge in [-0.15, -0.1) is 0 Å². The third-order valence-electron chi connectivity index (χ3n) is 3.47. The number of nitrogens with zero attached hydrogens (tertiary/aromatic N) is 2. The van der Waals surface area contributed by atoms with Gasteiger partial charge >= 0.3 is 5.97 Å². The molecule has 0 radical (unpaired) electrons. The van der Waals surface area contributed by atoms with Gasteiger partial charge < -0.3 is 10.5 Å².